The van der Waals surface area contributed by atoms with Crippen molar-refractivity contribution in [1.29, 1.82) is 0 Å². The van der Waals surface area contributed by atoms with Gasteiger partial charge in [-0.25, -0.2) is 0 Å². The molecular weight excluding hydrogens is 266 g/mol. The molecule has 0 fully saturated rings. The summed E-state index contributed by atoms with van der Waals surface area (Å²) in [5.41, 5.74) is 1.83. The van der Waals surface area contributed by atoms with Gasteiger partial charge in [0.05, 0.1) is 12.3 Å². The minimum Gasteiger partial charge on any atom is -0.494 e. The summed E-state index contributed by atoms with van der Waals surface area (Å²) in [5.74, 6) is 1.32. The van der Waals surface area contributed by atoms with Crippen LogP contribution in [0.4, 0.5) is 5.69 Å². The topological polar surface area (TPSA) is 49.8 Å². The lowest BCUT2D eigenvalue weighted by atomic mass is 10.0. The van der Waals surface area contributed by atoms with Crippen molar-refractivity contribution in [1.82, 2.24) is 0 Å². The molecule has 5 heteroatoms. The second-order valence-electron chi connectivity index (χ2n) is 4.50. The van der Waals surface area contributed by atoms with Gasteiger partial charge in [0, 0.05) is 18.4 Å². The number of benzene rings is 1. The van der Waals surface area contributed by atoms with Crippen LogP contribution in [0.25, 0.3) is 0 Å². The minimum absolute atomic E-state index is 0.0470. The van der Waals surface area contributed by atoms with Crippen LogP contribution in [0.15, 0.2) is 18.2 Å². The summed E-state index contributed by atoms with van der Waals surface area (Å²) in [6, 6.07) is 5.69. The van der Waals surface area contributed by atoms with Crippen molar-refractivity contribution in [3.05, 3.63) is 23.8 Å². The molecule has 0 saturated carbocycles. The smallest absolute Gasteiger partial charge is 0.229 e. The molecule has 1 aliphatic rings. The summed E-state index contributed by atoms with van der Waals surface area (Å²) in [6.07, 6.45) is 3.00. The number of unbranched alkanes of at least 4 members (excludes halogenated alkanes) is 1. The van der Waals surface area contributed by atoms with Crippen LogP contribution in [0.2, 0.25) is 0 Å². The molecule has 1 amide bonds. The normalized spacial score (nSPS) is 14.4. The van der Waals surface area contributed by atoms with E-state index in [0.29, 0.717) is 18.9 Å². The van der Waals surface area contributed by atoms with Gasteiger partial charge in [0.15, 0.2) is 0 Å². The Kier molecular flexibility index (Phi) is 5.05. The van der Waals surface area contributed by atoms with Crippen molar-refractivity contribution in [2.45, 2.75) is 25.7 Å². The quantitative estimate of drug-likeness (QED) is 0.644. The number of nitrogens with zero attached hydrogens (tertiary/aromatic N) is 1. The summed E-state index contributed by atoms with van der Waals surface area (Å²) in [4.78, 5) is 13.1. The molecular formula is C14H18ClNO3. The molecule has 0 bridgehead atoms. The van der Waals surface area contributed by atoms with Gasteiger partial charge in [0.1, 0.15) is 12.5 Å². The van der Waals surface area contributed by atoms with Gasteiger partial charge in [-0.2, -0.15) is 0 Å². The average molecular weight is 284 g/mol. The van der Waals surface area contributed by atoms with Crippen molar-refractivity contribution < 1.29 is 14.6 Å². The monoisotopic (exact) mass is 283 g/mol. The van der Waals surface area contributed by atoms with Crippen LogP contribution in [0.5, 0.6) is 5.75 Å². The minimum atomic E-state index is -0.290. The molecule has 0 aliphatic carbocycles. The van der Waals surface area contributed by atoms with Crippen LogP contribution in [-0.4, -0.2) is 30.2 Å². The Morgan fingerprint density at radius 1 is 1.32 bits per heavy atom. The van der Waals surface area contributed by atoms with Crippen molar-refractivity contribution in [2.24, 2.45) is 0 Å². The predicted octanol–water partition coefficient (Wildman–Crippen LogP) is 2.31. The maximum Gasteiger partial charge on any atom is 0.229 e. The van der Waals surface area contributed by atoms with Crippen LogP contribution in [-0.2, 0) is 11.2 Å². The zero-order chi connectivity index (χ0) is 13.7. The first kappa shape index (κ1) is 14.2. The Morgan fingerprint density at radius 2 is 2.16 bits per heavy atom. The lowest BCUT2D eigenvalue weighted by Crippen LogP contribution is -2.35. The van der Waals surface area contributed by atoms with E-state index in [-0.39, 0.29) is 12.6 Å². The number of fused-ring (bicyclic) bond motifs is 1. The maximum absolute atomic E-state index is 11.7. The van der Waals surface area contributed by atoms with E-state index >= 15 is 0 Å². The van der Waals surface area contributed by atoms with Gasteiger partial charge in [-0.3, -0.25) is 9.69 Å². The van der Waals surface area contributed by atoms with Gasteiger partial charge in [0.2, 0.25) is 5.91 Å². The summed E-state index contributed by atoms with van der Waals surface area (Å²) < 4.78 is 5.62. The fraction of sp³-hybridized carbons (Fsp3) is 0.500. The molecule has 1 aliphatic heterocycles. The van der Waals surface area contributed by atoms with Gasteiger partial charge >= 0.3 is 0 Å². The van der Waals surface area contributed by atoms with Gasteiger partial charge in [0.25, 0.3) is 0 Å². The number of amides is 1. The standard InChI is InChI=1S/C14H18ClNO3/c15-7-1-2-8-19-12-5-3-11-4-6-14(18)16(10-17)13(11)9-12/h3,5,9,17H,1-2,4,6-8,10H2. The Morgan fingerprint density at radius 3 is 2.89 bits per heavy atom. The van der Waals surface area contributed by atoms with E-state index in [4.69, 9.17) is 16.3 Å². The van der Waals surface area contributed by atoms with Crippen molar-refractivity contribution in [2.75, 3.05) is 24.1 Å². The highest BCUT2D eigenvalue weighted by Crippen LogP contribution is 2.31. The van der Waals surface area contributed by atoms with E-state index in [1.54, 1.807) is 0 Å². The molecule has 2 rings (SSSR count). The second kappa shape index (κ2) is 6.78. The molecule has 19 heavy (non-hydrogen) atoms. The lowest BCUT2D eigenvalue weighted by Gasteiger charge is -2.27. The fourth-order valence-corrected chi connectivity index (χ4v) is 2.34. The Balaban J connectivity index is 2.08. The summed E-state index contributed by atoms with van der Waals surface area (Å²) >= 11 is 5.60. The SMILES string of the molecule is O=C1CCc2ccc(OCCCCCl)cc2N1CO. The molecule has 1 N–H and O–H groups in total. The Bertz CT molecular complexity index is 450. The van der Waals surface area contributed by atoms with E-state index in [1.807, 2.05) is 18.2 Å². The number of aryl methyl sites for hydroxylation is 1. The van der Waals surface area contributed by atoms with E-state index in [1.165, 1.54) is 4.90 Å². The molecule has 1 aromatic carbocycles. The van der Waals surface area contributed by atoms with Crippen molar-refractivity contribution >= 4 is 23.2 Å². The van der Waals surface area contributed by atoms with Crippen LogP contribution in [0.1, 0.15) is 24.8 Å². The first-order valence-electron chi connectivity index (χ1n) is 6.49. The highest BCUT2D eigenvalue weighted by molar-refractivity contribution is 6.17. The van der Waals surface area contributed by atoms with Crippen LogP contribution >= 0.6 is 11.6 Å². The van der Waals surface area contributed by atoms with Gasteiger partial charge < -0.3 is 9.84 Å². The summed E-state index contributed by atoms with van der Waals surface area (Å²) in [7, 11) is 0. The highest BCUT2D eigenvalue weighted by atomic mass is 35.5. The first-order valence-corrected chi connectivity index (χ1v) is 7.02. The summed E-state index contributed by atoms with van der Waals surface area (Å²) in [5, 5.41) is 9.29. The fourth-order valence-electron chi connectivity index (χ4n) is 2.15. The number of aliphatic hydroxyl groups is 1. The number of hydrogen-bond acceptors (Lipinski definition) is 3. The molecule has 0 atom stereocenters. The number of carbonyl (C=O) groups excluding carboxylic acids is 1. The van der Waals surface area contributed by atoms with E-state index < -0.39 is 0 Å². The molecule has 0 radical (unpaired) electrons. The number of aliphatic hydroxyl groups excluding tert-OH is 1. The number of carbonyl (C=O) groups is 1. The largest absolute Gasteiger partial charge is 0.494 e. The number of hydrogen-bond donors (Lipinski definition) is 1. The third-order valence-corrected chi connectivity index (χ3v) is 3.46. The van der Waals surface area contributed by atoms with E-state index in [2.05, 4.69) is 0 Å². The Hall–Kier alpha value is -1.26. The Labute approximate surface area is 117 Å². The van der Waals surface area contributed by atoms with E-state index in [0.717, 1.165) is 36.3 Å². The van der Waals surface area contributed by atoms with Crippen LogP contribution in [0, 0.1) is 0 Å². The molecule has 4 nitrogen and oxygen atoms in total. The molecule has 0 unspecified atom stereocenters. The van der Waals surface area contributed by atoms with Gasteiger partial charge in [-0.15, -0.1) is 11.6 Å². The first-order chi connectivity index (χ1) is 9.26. The van der Waals surface area contributed by atoms with E-state index in [9.17, 15) is 9.90 Å². The average Bonchev–Trinajstić information content (AvgIpc) is 2.43. The van der Waals surface area contributed by atoms with Gasteiger partial charge in [-0.05, 0) is 30.9 Å². The van der Waals surface area contributed by atoms with Crippen molar-refractivity contribution in [3.63, 3.8) is 0 Å². The third-order valence-electron chi connectivity index (χ3n) is 3.19. The second-order valence-corrected chi connectivity index (χ2v) is 4.88. The molecule has 0 aromatic heterocycles. The number of ether oxygens (including phenoxy) is 1. The molecule has 0 saturated heterocycles. The zero-order valence-electron chi connectivity index (χ0n) is 10.8. The molecule has 1 aromatic rings. The number of anilines is 1. The molecule has 0 spiro atoms. The number of halogens is 1. The number of alkyl halides is 1. The lowest BCUT2D eigenvalue weighted by molar-refractivity contribution is -0.119. The molecule has 104 valence electrons. The highest BCUT2D eigenvalue weighted by Gasteiger charge is 2.23. The zero-order valence-corrected chi connectivity index (χ0v) is 11.5. The van der Waals surface area contributed by atoms with Crippen molar-refractivity contribution in [3.8, 4) is 5.75 Å². The molecule has 1 heterocycles. The van der Waals surface area contributed by atoms with Gasteiger partial charge in [-0.1, -0.05) is 6.07 Å². The maximum atomic E-state index is 11.7. The summed E-state index contributed by atoms with van der Waals surface area (Å²) in [6.45, 7) is 0.320. The third kappa shape index (κ3) is 3.39. The predicted molar refractivity (Wildman–Crippen MR) is 74.8 cm³/mol. The van der Waals surface area contributed by atoms with Crippen LogP contribution in [0.3, 0.4) is 0 Å². The number of rotatable bonds is 6. The van der Waals surface area contributed by atoms with Crippen LogP contribution < -0.4 is 9.64 Å².